The molecule has 4 rings (SSSR count). The number of anilines is 1. The maximum Gasteiger partial charge on any atom is 0.223 e. The highest BCUT2D eigenvalue weighted by molar-refractivity contribution is 5.81. The Hall–Kier alpha value is -3.33. The first kappa shape index (κ1) is 24.8. The summed E-state index contributed by atoms with van der Waals surface area (Å²) < 4.78 is 0. The smallest absolute Gasteiger partial charge is 0.223 e. The van der Waals surface area contributed by atoms with Gasteiger partial charge in [0.2, 0.25) is 11.8 Å². The Morgan fingerprint density at radius 1 is 1.06 bits per heavy atom. The number of carbonyl (C=O) groups is 2. The van der Waals surface area contributed by atoms with E-state index in [0.717, 1.165) is 74.1 Å². The van der Waals surface area contributed by atoms with E-state index in [0.29, 0.717) is 6.54 Å². The van der Waals surface area contributed by atoms with Gasteiger partial charge in [0, 0.05) is 54.8 Å². The highest BCUT2D eigenvalue weighted by atomic mass is 16.2. The van der Waals surface area contributed by atoms with Gasteiger partial charge in [0.1, 0.15) is 5.82 Å². The lowest BCUT2D eigenvalue weighted by atomic mass is 9.84. The summed E-state index contributed by atoms with van der Waals surface area (Å²) in [5, 5.41) is 6.19. The predicted octanol–water partition coefficient (Wildman–Crippen LogP) is 4.15. The Labute approximate surface area is 208 Å². The molecule has 2 N–H and O–H groups in total. The number of hydrogen-bond acceptors (Lipinski definition) is 4. The maximum atomic E-state index is 13.1. The summed E-state index contributed by atoms with van der Waals surface area (Å²) in [5.74, 6) is 7.30. The van der Waals surface area contributed by atoms with E-state index in [4.69, 9.17) is 4.98 Å². The van der Waals surface area contributed by atoms with Crippen molar-refractivity contribution in [3.05, 3.63) is 48.2 Å². The van der Waals surface area contributed by atoms with Crippen LogP contribution in [0.3, 0.4) is 0 Å². The number of carbonyl (C=O) groups excluding carboxylic acids is 2. The number of rotatable bonds is 6. The van der Waals surface area contributed by atoms with Crippen molar-refractivity contribution in [2.45, 2.75) is 58.4 Å². The number of pyridine rings is 1. The SMILES string of the molecule is CC#Cc1cnc(N2CCC(C(=O)N[C@H]3CCC[C@H](C(=O)NCC)C3)CC2)c(-c2ccccc2)c1. The minimum absolute atomic E-state index is 0.00139. The molecule has 1 aromatic carbocycles. The lowest BCUT2D eigenvalue weighted by Crippen LogP contribution is -2.46. The summed E-state index contributed by atoms with van der Waals surface area (Å²) in [6.07, 6.45) is 7.03. The van der Waals surface area contributed by atoms with Gasteiger partial charge in [0.25, 0.3) is 0 Å². The van der Waals surface area contributed by atoms with Crippen molar-refractivity contribution in [3.8, 4) is 23.0 Å². The molecule has 184 valence electrons. The second-order valence-corrected chi connectivity index (χ2v) is 9.56. The highest BCUT2D eigenvalue weighted by Gasteiger charge is 2.31. The molecule has 1 aliphatic carbocycles. The van der Waals surface area contributed by atoms with Gasteiger partial charge in [-0.3, -0.25) is 9.59 Å². The van der Waals surface area contributed by atoms with Crippen LogP contribution < -0.4 is 15.5 Å². The number of piperidine rings is 1. The topological polar surface area (TPSA) is 74.3 Å². The first-order chi connectivity index (χ1) is 17.1. The zero-order valence-corrected chi connectivity index (χ0v) is 20.8. The van der Waals surface area contributed by atoms with Crippen molar-refractivity contribution in [3.63, 3.8) is 0 Å². The summed E-state index contributed by atoms with van der Waals surface area (Å²) in [6.45, 7) is 6.00. The van der Waals surface area contributed by atoms with Crippen molar-refractivity contribution in [1.29, 1.82) is 0 Å². The quantitative estimate of drug-likeness (QED) is 0.620. The fraction of sp³-hybridized carbons (Fsp3) is 0.483. The largest absolute Gasteiger partial charge is 0.356 e. The van der Waals surface area contributed by atoms with Gasteiger partial charge in [0.05, 0.1) is 0 Å². The Kier molecular flexibility index (Phi) is 8.41. The van der Waals surface area contributed by atoms with Crippen LogP contribution in [0, 0.1) is 23.7 Å². The van der Waals surface area contributed by atoms with Crippen molar-refractivity contribution in [2.75, 3.05) is 24.5 Å². The number of benzene rings is 1. The van der Waals surface area contributed by atoms with Crippen LogP contribution >= 0.6 is 0 Å². The number of amides is 2. The van der Waals surface area contributed by atoms with Gasteiger partial charge in [-0.25, -0.2) is 4.98 Å². The normalized spacial score (nSPS) is 20.5. The van der Waals surface area contributed by atoms with Crippen LogP contribution in [-0.4, -0.2) is 42.5 Å². The minimum atomic E-state index is 0.00139. The third kappa shape index (κ3) is 6.22. The molecule has 2 amide bonds. The van der Waals surface area contributed by atoms with Crippen LogP contribution in [0.2, 0.25) is 0 Å². The number of hydrogen-bond donors (Lipinski definition) is 2. The van der Waals surface area contributed by atoms with Gasteiger partial charge in [0.15, 0.2) is 0 Å². The molecule has 2 fully saturated rings. The van der Waals surface area contributed by atoms with E-state index < -0.39 is 0 Å². The molecule has 1 saturated heterocycles. The average Bonchev–Trinajstić information content (AvgIpc) is 2.90. The summed E-state index contributed by atoms with van der Waals surface area (Å²) >= 11 is 0. The van der Waals surface area contributed by atoms with E-state index in [-0.39, 0.29) is 29.7 Å². The van der Waals surface area contributed by atoms with E-state index in [1.807, 2.05) is 38.2 Å². The molecule has 0 radical (unpaired) electrons. The summed E-state index contributed by atoms with van der Waals surface area (Å²) in [6, 6.07) is 12.5. The molecule has 1 aliphatic heterocycles. The van der Waals surface area contributed by atoms with Gasteiger partial charge in [-0.2, -0.15) is 0 Å². The number of aromatic nitrogens is 1. The van der Waals surface area contributed by atoms with Gasteiger partial charge in [-0.05, 0) is 57.6 Å². The lowest BCUT2D eigenvalue weighted by Gasteiger charge is -2.35. The average molecular weight is 473 g/mol. The second kappa shape index (κ2) is 11.9. The van der Waals surface area contributed by atoms with Crippen molar-refractivity contribution in [1.82, 2.24) is 15.6 Å². The Balaban J connectivity index is 1.38. The van der Waals surface area contributed by atoms with Crippen molar-refractivity contribution >= 4 is 17.6 Å². The first-order valence-corrected chi connectivity index (χ1v) is 12.9. The second-order valence-electron chi connectivity index (χ2n) is 9.56. The fourth-order valence-electron chi connectivity index (χ4n) is 5.30. The third-order valence-electron chi connectivity index (χ3n) is 7.13. The van der Waals surface area contributed by atoms with Crippen LogP contribution in [-0.2, 0) is 9.59 Å². The van der Waals surface area contributed by atoms with E-state index in [2.05, 4.69) is 45.6 Å². The number of nitrogens with zero attached hydrogens (tertiary/aromatic N) is 2. The molecule has 2 atom stereocenters. The summed E-state index contributed by atoms with van der Waals surface area (Å²) in [4.78, 5) is 32.4. The van der Waals surface area contributed by atoms with Gasteiger partial charge >= 0.3 is 0 Å². The molecule has 0 unspecified atom stereocenters. The molecule has 2 aromatic rings. The molecular weight excluding hydrogens is 436 g/mol. The Morgan fingerprint density at radius 2 is 1.83 bits per heavy atom. The molecule has 6 heteroatoms. The van der Waals surface area contributed by atoms with Crippen LogP contribution in [0.4, 0.5) is 5.82 Å². The maximum absolute atomic E-state index is 13.1. The molecule has 2 heterocycles. The van der Waals surface area contributed by atoms with Gasteiger partial charge < -0.3 is 15.5 Å². The van der Waals surface area contributed by atoms with E-state index in [9.17, 15) is 9.59 Å². The number of nitrogens with one attached hydrogen (secondary N) is 2. The molecule has 35 heavy (non-hydrogen) atoms. The zero-order valence-electron chi connectivity index (χ0n) is 20.8. The van der Waals surface area contributed by atoms with E-state index in [1.54, 1.807) is 0 Å². The summed E-state index contributed by atoms with van der Waals surface area (Å²) in [5.41, 5.74) is 3.10. The highest BCUT2D eigenvalue weighted by Crippen LogP contribution is 2.33. The molecule has 1 saturated carbocycles. The molecule has 6 nitrogen and oxygen atoms in total. The van der Waals surface area contributed by atoms with Crippen LogP contribution in [0.15, 0.2) is 42.6 Å². The lowest BCUT2D eigenvalue weighted by molar-refractivity contribution is -0.129. The molecular formula is C29H36N4O2. The third-order valence-corrected chi connectivity index (χ3v) is 7.13. The van der Waals surface area contributed by atoms with Crippen LogP contribution in [0.1, 0.15) is 57.9 Å². The Morgan fingerprint density at radius 3 is 2.54 bits per heavy atom. The summed E-state index contributed by atoms with van der Waals surface area (Å²) in [7, 11) is 0. The monoisotopic (exact) mass is 472 g/mol. The standard InChI is InChI=1S/C29H36N4O2/c1-3-9-21-18-26(22-10-6-5-7-11-22)27(31-20-21)33-16-14-23(15-17-33)29(35)32-25-13-8-12-24(19-25)28(34)30-4-2/h5-7,10-11,18,20,23-25H,4,8,12-17,19H2,1-2H3,(H,30,34)(H,32,35)/t24-,25-/m0/s1. The minimum Gasteiger partial charge on any atom is -0.356 e. The van der Waals surface area contributed by atoms with Crippen molar-refractivity contribution in [2.24, 2.45) is 11.8 Å². The van der Waals surface area contributed by atoms with Crippen LogP contribution in [0.5, 0.6) is 0 Å². The molecule has 0 spiro atoms. The van der Waals surface area contributed by atoms with Gasteiger partial charge in [-0.1, -0.05) is 42.7 Å². The fourth-order valence-corrected chi connectivity index (χ4v) is 5.30. The van der Waals surface area contributed by atoms with E-state index in [1.165, 1.54) is 0 Å². The Bertz CT molecular complexity index is 1080. The van der Waals surface area contributed by atoms with Crippen molar-refractivity contribution < 1.29 is 9.59 Å². The van der Waals surface area contributed by atoms with E-state index >= 15 is 0 Å². The molecule has 1 aromatic heterocycles. The zero-order chi connectivity index (χ0) is 24.6. The van der Waals surface area contributed by atoms with Crippen LogP contribution in [0.25, 0.3) is 11.1 Å². The molecule has 2 aliphatic rings. The molecule has 0 bridgehead atoms. The van der Waals surface area contributed by atoms with Gasteiger partial charge in [-0.15, -0.1) is 5.92 Å². The predicted molar refractivity (Wildman–Crippen MR) is 140 cm³/mol. The first-order valence-electron chi connectivity index (χ1n) is 12.9.